The summed E-state index contributed by atoms with van der Waals surface area (Å²) >= 11 is 5.86. The predicted octanol–water partition coefficient (Wildman–Crippen LogP) is 7.16. The van der Waals surface area contributed by atoms with Gasteiger partial charge in [-0.2, -0.15) is 13.2 Å². The lowest BCUT2D eigenvalue weighted by atomic mass is 9.95. The van der Waals surface area contributed by atoms with E-state index in [4.69, 9.17) is 11.6 Å². The minimum atomic E-state index is -4.87. The standard InChI is InChI=1S/C34H39ClF3N3O4S/c1-3-31(33(43)39-26-12-8-5-9-13-26)40(21-20-25-10-6-4-7-11-25)32(42)23-41(46(44,45)28-17-14-24(2)15-18-28)27-16-19-30(35)29(22-27)34(36,37)38/h4,6-7,10-11,14-19,22,26,31H,3,5,8-9,12-13,20-21,23H2,1-2H3,(H,39,43). The van der Waals surface area contributed by atoms with Crippen LogP contribution in [0.4, 0.5) is 18.9 Å². The number of hydrogen-bond donors (Lipinski definition) is 1. The third-order valence-corrected chi connectivity index (χ3v) is 10.4. The molecule has 0 aliphatic heterocycles. The van der Waals surface area contributed by atoms with Crippen LogP contribution >= 0.6 is 11.6 Å². The Labute approximate surface area is 273 Å². The van der Waals surface area contributed by atoms with Crippen molar-refractivity contribution in [1.29, 1.82) is 0 Å². The predicted molar refractivity (Wildman–Crippen MR) is 173 cm³/mol. The van der Waals surface area contributed by atoms with Gasteiger partial charge in [0, 0.05) is 12.6 Å². The van der Waals surface area contributed by atoms with E-state index in [1.165, 1.54) is 17.0 Å². The number of aryl methyl sites for hydroxylation is 1. The summed E-state index contributed by atoms with van der Waals surface area (Å²) in [5.74, 6) is -1.06. The molecule has 3 aromatic rings. The zero-order valence-electron chi connectivity index (χ0n) is 25.9. The van der Waals surface area contributed by atoms with E-state index in [0.29, 0.717) is 16.8 Å². The second-order valence-electron chi connectivity index (χ2n) is 11.6. The summed E-state index contributed by atoms with van der Waals surface area (Å²) in [4.78, 5) is 29.0. The van der Waals surface area contributed by atoms with Gasteiger partial charge in [0.15, 0.2) is 0 Å². The number of hydrogen-bond acceptors (Lipinski definition) is 4. The molecule has 1 unspecified atom stereocenters. The number of anilines is 1. The highest BCUT2D eigenvalue weighted by atomic mass is 35.5. The molecule has 2 amide bonds. The average molecular weight is 678 g/mol. The van der Waals surface area contributed by atoms with E-state index in [-0.39, 0.29) is 35.5 Å². The third-order valence-electron chi connectivity index (χ3n) is 8.25. The van der Waals surface area contributed by atoms with Crippen molar-refractivity contribution in [2.75, 3.05) is 17.4 Å². The van der Waals surface area contributed by atoms with Crippen molar-refractivity contribution in [3.05, 3.63) is 94.5 Å². The van der Waals surface area contributed by atoms with Gasteiger partial charge in [-0.3, -0.25) is 13.9 Å². The highest BCUT2D eigenvalue weighted by Crippen LogP contribution is 2.38. The number of nitrogens with one attached hydrogen (secondary N) is 1. The van der Waals surface area contributed by atoms with Gasteiger partial charge in [0.05, 0.1) is 21.2 Å². The summed E-state index contributed by atoms with van der Waals surface area (Å²) in [5.41, 5.74) is 0.0598. The van der Waals surface area contributed by atoms with Crippen molar-refractivity contribution >= 4 is 39.1 Å². The molecule has 1 aliphatic carbocycles. The normalized spacial score (nSPS) is 14.8. The number of alkyl halides is 3. The first-order valence-electron chi connectivity index (χ1n) is 15.4. The van der Waals surface area contributed by atoms with Crippen LogP contribution in [0.1, 0.15) is 62.1 Å². The van der Waals surface area contributed by atoms with E-state index in [0.717, 1.165) is 55.4 Å². The molecule has 0 aromatic heterocycles. The number of halogens is 4. The zero-order valence-corrected chi connectivity index (χ0v) is 27.5. The molecule has 0 heterocycles. The number of benzene rings is 3. The summed E-state index contributed by atoms with van der Waals surface area (Å²) in [6.45, 7) is 2.79. The molecule has 1 saturated carbocycles. The summed E-state index contributed by atoms with van der Waals surface area (Å²) in [6.07, 6.45) is 0.505. The van der Waals surface area contributed by atoms with Crippen LogP contribution in [0.5, 0.6) is 0 Å². The summed E-state index contributed by atoms with van der Waals surface area (Å²) in [7, 11) is -4.54. The van der Waals surface area contributed by atoms with E-state index in [1.807, 2.05) is 30.3 Å². The Hall–Kier alpha value is -3.57. The Bertz CT molecular complexity index is 1600. The molecule has 1 N–H and O–H groups in total. The third kappa shape index (κ3) is 8.82. The van der Waals surface area contributed by atoms with Crippen LogP contribution < -0.4 is 9.62 Å². The molecule has 0 radical (unpaired) electrons. The number of sulfonamides is 1. The van der Waals surface area contributed by atoms with E-state index in [1.54, 1.807) is 26.0 Å². The number of carbonyl (C=O) groups is 2. The second kappa shape index (κ2) is 15.3. The average Bonchev–Trinajstić information content (AvgIpc) is 3.02. The van der Waals surface area contributed by atoms with Crippen molar-refractivity contribution in [2.45, 2.75) is 81.9 Å². The maximum Gasteiger partial charge on any atom is 0.417 e. The fraction of sp³-hybridized carbons (Fsp3) is 0.412. The molecule has 248 valence electrons. The Morgan fingerprint density at radius 2 is 1.63 bits per heavy atom. The molecule has 46 heavy (non-hydrogen) atoms. The van der Waals surface area contributed by atoms with Gasteiger partial charge in [-0.25, -0.2) is 8.42 Å². The van der Waals surface area contributed by atoms with Crippen molar-refractivity contribution < 1.29 is 31.2 Å². The number of rotatable bonds is 12. The fourth-order valence-corrected chi connectivity index (χ4v) is 7.32. The summed E-state index contributed by atoms with van der Waals surface area (Å²) in [5, 5.41) is 2.47. The van der Waals surface area contributed by atoms with Gasteiger partial charge in [0.2, 0.25) is 11.8 Å². The molecule has 1 fully saturated rings. The first-order valence-corrected chi connectivity index (χ1v) is 17.2. The van der Waals surface area contributed by atoms with Crippen LogP contribution in [-0.4, -0.2) is 50.3 Å². The van der Waals surface area contributed by atoms with Gasteiger partial charge in [0.1, 0.15) is 12.6 Å². The molecular weight excluding hydrogens is 639 g/mol. The van der Waals surface area contributed by atoms with Gasteiger partial charge in [-0.05, 0) is 68.5 Å². The smallest absolute Gasteiger partial charge is 0.352 e. The Morgan fingerprint density at radius 3 is 2.24 bits per heavy atom. The lowest BCUT2D eigenvalue weighted by Gasteiger charge is -2.34. The van der Waals surface area contributed by atoms with E-state index >= 15 is 0 Å². The maximum atomic E-state index is 14.2. The zero-order chi connectivity index (χ0) is 33.5. The van der Waals surface area contributed by atoms with Gasteiger partial charge in [0.25, 0.3) is 10.0 Å². The summed E-state index contributed by atoms with van der Waals surface area (Å²) in [6, 6.07) is 16.9. The quantitative estimate of drug-likeness (QED) is 0.220. The molecular formula is C34H39ClF3N3O4S. The van der Waals surface area contributed by atoms with Crippen molar-refractivity contribution in [3.8, 4) is 0 Å². The van der Waals surface area contributed by atoms with Crippen molar-refractivity contribution in [2.24, 2.45) is 0 Å². The van der Waals surface area contributed by atoms with Crippen molar-refractivity contribution in [3.63, 3.8) is 0 Å². The Kier molecular flexibility index (Phi) is 11.8. The number of nitrogens with zero attached hydrogens (tertiary/aromatic N) is 2. The molecule has 7 nitrogen and oxygen atoms in total. The van der Waals surface area contributed by atoms with Crippen LogP contribution in [0.3, 0.4) is 0 Å². The highest BCUT2D eigenvalue weighted by molar-refractivity contribution is 7.92. The minimum Gasteiger partial charge on any atom is -0.352 e. The summed E-state index contributed by atoms with van der Waals surface area (Å²) < 4.78 is 70.3. The Balaban J connectivity index is 1.74. The molecule has 1 atom stereocenters. The molecule has 0 saturated heterocycles. The molecule has 12 heteroatoms. The van der Waals surface area contributed by atoms with Gasteiger partial charge >= 0.3 is 6.18 Å². The van der Waals surface area contributed by atoms with Crippen LogP contribution in [0, 0.1) is 6.92 Å². The maximum absolute atomic E-state index is 14.2. The van der Waals surface area contributed by atoms with Gasteiger partial charge < -0.3 is 10.2 Å². The minimum absolute atomic E-state index is 0.0188. The van der Waals surface area contributed by atoms with E-state index < -0.39 is 45.3 Å². The fourth-order valence-electron chi connectivity index (χ4n) is 5.69. The van der Waals surface area contributed by atoms with Crippen LogP contribution in [0.25, 0.3) is 0 Å². The first kappa shape index (κ1) is 35.3. The van der Waals surface area contributed by atoms with E-state index in [2.05, 4.69) is 5.32 Å². The van der Waals surface area contributed by atoms with Crippen molar-refractivity contribution in [1.82, 2.24) is 10.2 Å². The lowest BCUT2D eigenvalue weighted by molar-refractivity contribution is -0.140. The topological polar surface area (TPSA) is 86.8 Å². The highest BCUT2D eigenvalue weighted by Gasteiger charge is 2.37. The molecule has 0 bridgehead atoms. The van der Waals surface area contributed by atoms with Crippen LogP contribution in [0.2, 0.25) is 5.02 Å². The number of amides is 2. The monoisotopic (exact) mass is 677 g/mol. The van der Waals surface area contributed by atoms with E-state index in [9.17, 15) is 31.2 Å². The molecule has 4 rings (SSSR count). The largest absolute Gasteiger partial charge is 0.417 e. The first-order chi connectivity index (χ1) is 21.8. The molecule has 3 aromatic carbocycles. The SMILES string of the molecule is CCC(C(=O)NC1CCCCC1)N(CCc1ccccc1)C(=O)CN(c1ccc(Cl)c(C(F)(F)F)c1)S(=O)(=O)c1ccc(C)cc1. The van der Waals surface area contributed by atoms with Gasteiger partial charge in [-0.15, -0.1) is 0 Å². The lowest BCUT2D eigenvalue weighted by Crippen LogP contribution is -2.54. The van der Waals surface area contributed by atoms with Gasteiger partial charge in [-0.1, -0.05) is 85.8 Å². The molecule has 1 aliphatic rings. The Morgan fingerprint density at radius 1 is 0.978 bits per heavy atom. The van der Waals surface area contributed by atoms with Crippen LogP contribution in [-0.2, 0) is 32.2 Å². The second-order valence-corrected chi connectivity index (χ2v) is 13.8. The molecule has 0 spiro atoms. The van der Waals surface area contributed by atoms with Crippen LogP contribution in [0.15, 0.2) is 77.7 Å². The number of carbonyl (C=O) groups excluding carboxylic acids is 2.